The van der Waals surface area contributed by atoms with E-state index < -0.39 is 5.97 Å². The summed E-state index contributed by atoms with van der Waals surface area (Å²) in [6.07, 6.45) is 1.72. The van der Waals surface area contributed by atoms with Gasteiger partial charge in [0.05, 0.1) is 17.5 Å². The Labute approximate surface area is 140 Å². The summed E-state index contributed by atoms with van der Waals surface area (Å²) >= 11 is 0. The first-order valence-corrected chi connectivity index (χ1v) is 7.50. The van der Waals surface area contributed by atoms with Crippen molar-refractivity contribution in [3.8, 4) is 11.1 Å². The summed E-state index contributed by atoms with van der Waals surface area (Å²) in [5.41, 5.74) is 7.18. The predicted octanol–water partition coefficient (Wildman–Crippen LogP) is 4.50. The Hall–Kier alpha value is -3.40. The number of carboxylic acids is 1. The van der Waals surface area contributed by atoms with Crippen molar-refractivity contribution in [2.24, 2.45) is 5.10 Å². The number of carboxylic acid groups (broad SMARTS) is 1. The molecule has 0 aliphatic rings. The summed E-state index contributed by atoms with van der Waals surface area (Å²) in [6.45, 7) is 0. The molecule has 0 heterocycles. The number of rotatable bonds is 5. The third kappa shape index (κ3) is 3.87. The molecule has 0 aliphatic heterocycles. The Morgan fingerprint density at radius 3 is 2.08 bits per heavy atom. The van der Waals surface area contributed by atoms with Crippen LogP contribution in [0.1, 0.15) is 15.9 Å². The number of hydrogen-bond acceptors (Lipinski definition) is 3. The molecule has 2 N–H and O–H groups in total. The van der Waals surface area contributed by atoms with Crippen molar-refractivity contribution < 1.29 is 9.90 Å². The molecule has 3 aromatic rings. The molecule has 4 nitrogen and oxygen atoms in total. The highest BCUT2D eigenvalue weighted by Gasteiger charge is 2.00. The third-order valence-electron chi connectivity index (χ3n) is 3.56. The van der Waals surface area contributed by atoms with Gasteiger partial charge in [-0.15, -0.1) is 0 Å². The van der Waals surface area contributed by atoms with Crippen LogP contribution in [0.2, 0.25) is 0 Å². The van der Waals surface area contributed by atoms with Gasteiger partial charge in [0.1, 0.15) is 0 Å². The topological polar surface area (TPSA) is 61.7 Å². The molecular weight excluding hydrogens is 300 g/mol. The van der Waals surface area contributed by atoms with Crippen LogP contribution < -0.4 is 5.43 Å². The summed E-state index contributed by atoms with van der Waals surface area (Å²) in [6, 6.07) is 24.7. The van der Waals surface area contributed by atoms with E-state index in [-0.39, 0.29) is 5.56 Å². The molecule has 0 saturated carbocycles. The van der Waals surface area contributed by atoms with Crippen LogP contribution in [0, 0.1) is 0 Å². The van der Waals surface area contributed by atoms with Crippen molar-refractivity contribution in [3.63, 3.8) is 0 Å². The van der Waals surface area contributed by atoms with E-state index in [0.29, 0.717) is 0 Å². The van der Waals surface area contributed by atoms with Gasteiger partial charge >= 0.3 is 5.97 Å². The fraction of sp³-hybridized carbons (Fsp3) is 0. The Morgan fingerprint density at radius 1 is 0.833 bits per heavy atom. The summed E-state index contributed by atoms with van der Waals surface area (Å²) in [5, 5.41) is 13.0. The van der Waals surface area contributed by atoms with E-state index in [1.807, 2.05) is 30.3 Å². The van der Waals surface area contributed by atoms with E-state index in [9.17, 15) is 4.79 Å². The van der Waals surface area contributed by atoms with Crippen LogP contribution in [0.4, 0.5) is 5.69 Å². The molecule has 118 valence electrons. The maximum atomic E-state index is 10.8. The Balaban J connectivity index is 1.63. The number of hydrogen-bond donors (Lipinski definition) is 2. The highest BCUT2D eigenvalue weighted by atomic mass is 16.4. The molecule has 0 aliphatic carbocycles. The minimum Gasteiger partial charge on any atom is -0.478 e. The van der Waals surface area contributed by atoms with E-state index in [4.69, 9.17) is 5.11 Å². The molecule has 3 rings (SSSR count). The number of benzene rings is 3. The monoisotopic (exact) mass is 316 g/mol. The largest absolute Gasteiger partial charge is 0.478 e. The third-order valence-corrected chi connectivity index (χ3v) is 3.56. The molecule has 24 heavy (non-hydrogen) atoms. The van der Waals surface area contributed by atoms with Gasteiger partial charge < -0.3 is 5.11 Å². The summed E-state index contributed by atoms with van der Waals surface area (Å²) in [7, 11) is 0. The number of carbonyl (C=O) groups is 1. The van der Waals surface area contributed by atoms with Gasteiger partial charge in [-0.3, -0.25) is 5.43 Å². The number of hydrazone groups is 1. The fourth-order valence-corrected chi connectivity index (χ4v) is 2.26. The average Bonchev–Trinajstić information content (AvgIpc) is 2.63. The van der Waals surface area contributed by atoms with Crippen LogP contribution in [0.15, 0.2) is 84.0 Å². The second-order valence-corrected chi connectivity index (χ2v) is 5.24. The van der Waals surface area contributed by atoms with Crippen molar-refractivity contribution in [2.45, 2.75) is 0 Å². The zero-order chi connectivity index (χ0) is 16.8. The normalized spacial score (nSPS) is 10.7. The Morgan fingerprint density at radius 2 is 1.46 bits per heavy atom. The molecule has 0 aromatic heterocycles. The zero-order valence-electron chi connectivity index (χ0n) is 12.9. The van der Waals surface area contributed by atoms with Gasteiger partial charge in [-0.2, -0.15) is 5.10 Å². The molecule has 0 amide bonds. The lowest BCUT2D eigenvalue weighted by Gasteiger charge is -2.02. The van der Waals surface area contributed by atoms with Gasteiger partial charge in [-0.05, 0) is 41.0 Å². The van der Waals surface area contributed by atoms with Crippen molar-refractivity contribution in [1.82, 2.24) is 0 Å². The maximum absolute atomic E-state index is 10.8. The Bertz CT molecular complexity index is 839. The van der Waals surface area contributed by atoms with E-state index in [1.165, 1.54) is 17.7 Å². The van der Waals surface area contributed by atoms with E-state index in [1.54, 1.807) is 18.3 Å². The number of aromatic carboxylic acids is 1. The zero-order valence-corrected chi connectivity index (χ0v) is 12.9. The SMILES string of the molecule is O=C(O)c1ccc(NN=Cc2ccc(-c3ccccc3)cc2)cc1. The number of anilines is 1. The fourth-order valence-electron chi connectivity index (χ4n) is 2.26. The summed E-state index contributed by atoms with van der Waals surface area (Å²) in [4.78, 5) is 10.8. The van der Waals surface area contributed by atoms with Gasteiger partial charge in [-0.1, -0.05) is 54.6 Å². The molecule has 0 radical (unpaired) electrons. The van der Waals surface area contributed by atoms with E-state index in [0.717, 1.165) is 16.8 Å². The number of nitrogens with zero attached hydrogens (tertiary/aromatic N) is 1. The van der Waals surface area contributed by atoms with Gasteiger partial charge in [0.25, 0.3) is 0 Å². The second-order valence-electron chi connectivity index (χ2n) is 5.24. The lowest BCUT2D eigenvalue weighted by Crippen LogP contribution is -1.96. The standard InChI is InChI=1S/C20H16N2O2/c23-20(24)18-10-12-19(13-11-18)22-21-14-15-6-8-17(9-7-15)16-4-2-1-3-5-16/h1-14,22H,(H,23,24). The van der Waals surface area contributed by atoms with E-state index >= 15 is 0 Å². The van der Waals surface area contributed by atoms with Gasteiger partial charge in [0, 0.05) is 0 Å². The van der Waals surface area contributed by atoms with Crippen molar-refractivity contribution in [3.05, 3.63) is 90.0 Å². The summed E-state index contributed by atoms with van der Waals surface area (Å²) < 4.78 is 0. The predicted molar refractivity (Wildman–Crippen MR) is 96.5 cm³/mol. The quantitative estimate of drug-likeness (QED) is 0.538. The van der Waals surface area contributed by atoms with Gasteiger partial charge in [0.2, 0.25) is 0 Å². The van der Waals surface area contributed by atoms with Gasteiger partial charge in [0.15, 0.2) is 0 Å². The molecule has 0 atom stereocenters. The first-order chi connectivity index (χ1) is 11.7. The van der Waals surface area contributed by atoms with Crippen molar-refractivity contribution >= 4 is 17.9 Å². The van der Waals surface area contributed by atoms with Crippen LogP contribution in [-0.4, -0.2) is 17.3 Å². The molecule has 0 bridgehead atoms. The lowest BCUT2D eigenvalue weighted by molar-refractivity contribution is 0.0697. The highest BCUT2D eigenvalue weighted by molar-refractivity contribution is 5.88. The van der Waals surface area contributed by atoms with Crippen LogP contribution in [0.25, 0.3) is 11.1 Å². The first kappa shape index (κ1) is 15.5. The van der Waals surface area contributed by atoms with E-state index in [2.05, 4.69) is 34.8 Å². The lowest BCUT2D eigenvalue weighted by atomic mass is 10.0. The molecule has 4 heteroatoms. The van der Waals surface area contributed by atoms with Crippen LogP contribution in [-0.2, 0) is 0 Å². The molecule has 0 unspecified atom stereocenters. The molecule has 0 saturated heterocycles. The smallest absolute Gasteiger partial charge is 0.335 e. The first-order valence-electron chi connectivity index (χ1n) is 7.50. The van der Waals surface area contributed by atoms with Gasteiger partial charge in [-0.25, -0.2) is 4.79 Å². The number of nitrogens with one attached hydrogen (secondary N) is 1. The van der Waals surface area contributed by atoms with Crippen molar-refractivity contribution in [1.29, 1.82) is 0 Å². The van der Waals surface area contributed by atoms with Crippen LogP contribution in [0.3, 0.4) is 0 Å². The average molecular weight is 316 g/mol. The molecule has 0 spiro atoms. The maximum Gasteiger partial charge on any atom is 0.335 e. The Kier molecular flexibility index (Phi) is 4.68. The minimum absolute atomic E-state index is 0.251. The van der Waals surface area contributed by atoms with Crippen LogP contribution >= 0.6 is 0 Å². The highest BCUT2D eigenvalue weighted by Crippen LogP contribution is 2.18. The molecule has 0 fully saturated rings. The second kappa shape index (κ2) is 7.24. The van der Waals surface area contributed by atoms with Crippen molar-refractivity contribution in [2.75, 3.05) is 5.43 Å². The molecular formula is C20H16N2O2. The minimum atomic E-state index is -0.941. The summed E-state index contributed by atoms with van der Waals surface area (Å²) in [5.74, 6) is -0.941. The molecule has 3 aromatic carbocycles. The van der Waals surface area contributed by atoms with Crippen LogP contribution in [0.5, 0.6) is 0 Å².